The fraction of sp³-hybridized carbons (Fsp3) is 0.316. The Bertz CT molecular complexity index is 993. The molecule has 0 saturated heterocycles. The van der Waals surface area contributed by atoms with E-state index in [0.29, 0.717) is 6.07 Å². The molecule has 0 aliphatic heterocycles. The van der Waals surface area contributed by atoms with Gasteiger partial charge in [-0.2, -0.15) is 13.2 Å². The number of halogens is 4. The average Bonchev–Trinajstić information content (AvgIpc) is 2.61. The van der Waals surface area contributed by atoms with E-state index in [4.69, 9.17) is 11.6 Å². The highest BCUT2D eigenvalue weighted by Gasteiger charge is 2.34. The Balaban J connectivity index is 2.32. The number of aryl methyl sites for hydroxylation is 1. The Morgan fingerprint density at radius 1 is 1.17 bits per heavy atom. The molecule has 0 saturated carbocycles. The van der Waals surface area contributed by atoms with Gasteiger partial charge in [0.05, 0.1) is 22.5 Å². The predicted octanol–water partition coefficient (Wildman–Crippen LogP) is 4.71. The Labute approximate surface area is 172 Å². The van der Waals surface area contributed by atoms with E-state index >= 15 is 0 Å². The fourth-order valence-corrected chi connectivity index (χ4v) is 4.15. The number of nitrogens with zero attached hydrogens (tertiary/aromatic N) is 1. The van der Waals surface area contributed by atoms with E-state index in [2.05, 4.69) is 5.32 Å². The summed E-state index contributed by atoms with van der Waals surface area (Å²) in [5.74, 6) is -0.787. The maximum absolute atomic E-state index is 13.0. The predicted molar refractivity (Wildman–Crippen MR) is 108 cm³/mol. The first-order valence-corrected chi connectivity index (χ1v) is 10.8. The van der Waals surface area contributed by atoms with Crippen LogP contribution in [0.5, 0.6) is 0 Å². The first-order valence-electron chi connectivity index (χ1n) is 8.60. The minimum absolute atomic E-state index is 0.145. The molecule has 0 aromatic heterocycles. The van der Waals surface area contributed by atoms with Gasteiger partial charge in [0.25, 0.3) is 0 Å². The van der Waals surface area contributed by atoms with Crippen molar-refractivity contribution in [1.82, 2.24) is 0 Å². The molecule has 0 heterocycles. The topological polar surface area (TPSA) is 66.5 Å². The molecular weight excluding hydrogens is 429 g/mol. The highest BCUT2D eigenvalue weighted by Crippen LogP contribution is 2.36. The second-order valence-electron chi connectivity index (χ2n) is 6.44. The van der Waals surface area contributed by atoms with E-state index in [0.717, 1.165) is 28.6 Å². The highest BCUT2D eigenvalue weighted by atomic mass is 35.5. The van der Waals surface area contributed by atoms with Gasteiger partial charge in [-0.3, -0.25) is 9.10 Å². The molecule has 29 heavy (non-hydrogen) atoms. The van der Waals surface area contributed by atoms with Crippen LogP contribution in [-0.2, 0) is 27.4 Å². The zero-order chi connectivity index (χ0) is 22.0. The number of amides is 1. The molecule has 1 atom stereocenters. The number of rotatable bonds is 6. The Kier molecular flexibility index (Phi) is 6.85. The number of nitrogens with one attached hydrogen (secondary N) is 1. The third-order valence-corrected chi connectivity index (χ3v) is 5.80. The van der Waals surface area contributed by atoms with Gasteiger partial charge in [-0.15, -0.1) is 0 Å². The van der Waals surface area contributed by atoms with Gasteiger partial charge in [0, 0.05) is 5.69 Å². The molecule has 2 aromatic rings. The summed E-state index contributed by atoms with van der Waals surface area (Å²) >= 11 is 5.57. The van der Waals surface area contributed by atoms with Gasteiger partial charge in [0.1, 0.15) is 6.04 Å². The molecule has 2 aromatic carbocycles. The summed E-state index contributed by atoms with van der Waals surface area (Å²) in [6, 6.07) is 8.36. The van der Waals surface area contributed by atoms with Crippen LogP contribution in [0.25, 0.3) is 0 Å². The van der Waals surface area contributed by atoms with Crippen molar-refractivity contribution in [3.63, 3.8) is 0 Å². The number of anilines is 2. The summed E-state index contributed by atoms with van der Waals surface area (Å²) in [6.07, 6.45) is -2.98. The second-order valence-corrected chi connectivity index (χ2v) is 8.70. The molecule has 0 radical (unpaired) electrons. The molecular formula is C19H20ClF3N2O3S. The number of hydrogen-bond donors (Lipinski definition) is 1. The van der Waals surface area contributed by atoms with Crippen molar-refractivity contribution in [2.45, 2.75) is 32.5 Å². The monoisotopic (exact) mass is 448 g/mol. The number of alkyl halides is 3. The van der Waals surface area contributed by atoms with E-state index < -0.39 is 38.7 Å². The van der Waals surface area contributed by atoms with Gasteiger partial charge in [0.15, 0.2) is 0 Å². The Hall–Kier alpha value is -2.26. The molecule has 0 spiro atoms. The molecule has 2 rings (SSSR count). The number of carbonyl (C=O) groups is 1. The van der Waals surface area contributed by atoms with Crippen LogP contribution in [0.15, 0.2) is 42.5 Å². The SMILES string of the molecule is CCc1ccc(N([C@H](C)C(=O)Nc2ccc(Cl)c(C(F)(F)F)c2)S(C)(=O)=O)cc1. The number of benzene rings is 2. The van der Waals surface area contributed by atoms with Gasteiger partial charge in [-0.1, -0.05) is 30.7 Å². The molecule has 1 amide bonds. The van der Waals surface area contributed by atoms with Crippen molar-refractivity contribution in [3.05, 3.63) is 58.6 Å². The summed E-state index contributed by atoms with van der Waals surface area (Å²) < 4.78 is 64.5. The van der Waals surface area contributed by atoms with Crippen LogP contribution in [0, 0.1) is 0 Å². The van der Waals surface area contributed by atoms with Crippen molar-refractivity contribution in [2.24, 2.45) is 0 Å². The molecule has 5 nitrogen and oxygen atoms in total. The van der Waals surface area contributed by atoms with Gasteiger partial charge in [-0.25, -0.2) is 8.42 Å². The van der Waals surface area contributed by atoms with Gasteiger partial charge < -0.3 is 5.32 Å². The molecule has 0 bridgehead atoms. The largest absolute Gasteiger partial charge is 0.417 e. The van der Waals surface area contributed by atoms with E-state index in [-0.39, 0.29) is 11.4 Å². The standard InChI is InChI=1S/C19H20ClF3N2O3S/c1-4-13-5-8-15(9-6-13)25(29(3,27)28)12(2)18(26)24-14-7-10-17(20)16(11-14)19(21,22)23/h5-12H,4H2,1-3H3,(H,24,26)/t12-/m1/s1. The van der Waals surface area contributed by atoms with Gasteiger partial charge in [0.2, 0.25) is 15.9 Å². The first-order chi connectivity index (χ1) is 13.3. The second kappa shape index (κ2) is 8.62. The lowest BCUT2D eigenvalue weighted by Gasteiger charge is -2.28. The third-order valence-electron chi connectivity index (χ3n) is 4.23. The summed E-state index contributed by atoms with van der Waals surface area (Å²) in [5, 5.41) is 1.82. The van der Waals surface area contributed by atoms with Gasteiger partial charge in [-0.05, 0) is 49.2 Å². The lowest BCUT2D eigenvalue weighted by atomic mass is 10.1. The van der Waals surface area contributed by atoms with Crippen LogP contribution in [0.3, 0.4) is 0 Å². The average molecular weight is 449 g/mol. The van der Waals surface area contributed by atoms with Crippen LogP contribution < -0.4 is 9.62 Å². The lowest BCUT2D eigenvalue weighted by molar-refractivity contribution is -0.137. The van der Waals surface area contributed by atoms with Crippen molar-refractivity contribution >= 4 is 38.9 Å². The van der Waals surface area contributed by atoms with Crippen molar-refractivity contribution in [2.75, 3.05) is 15.9 Å². The molecule has 0 unspecified atom stereocenters. The van der Waals surface area contributed by atoms with E-state index in [1.807, 2.05) is 6.92 Å². The van der Waals surface area contributed by atoms with Gasteiger partial charge >= 0.3 is 6.18 Å². The minimum Gasteiger partial charge on any atom is -0.324 e. The smallest absolute Gasteiger partial charge is 0.324 e. The zero-order valence-electron chi connectivity index (χ0n) is 15.9. The van der Waals surface area contributed by atoms with Crippen LogP contribution in [0.4, 0.5) is 24.5 Å². The minimum atomic E-state index is -4.69. The number of hydrogen-bond acceptors (Lipinski definition) is 3. The normalized spacial score (nSPS) is 13.1. The van der Waals surface area contributed by atoms with Crippen LogP contribution in [0.1, 0.15) is 25.0 Å². The summed E-state index contributed by atoms with van der Waals surface area (Å²) in [4.78, 5) is 12.6. The zero-order valence-corrected chi connectivity index (χ0v) is 17.5. The molecule has 0 aliphatic rings. The molecule has 158 valence electrons. The van der Waals surface area contributed by atoms with Crippen LogP contribution in [-0.4, -0.2) is 26.6 Å². The molecule has 1 N–H and O–H groups in total. The van der Waals surface area contributed by atoms with Crippen molar-refractivity contribution in [1.29, 1.82) is 0 Å². The van der Waals surface area contributed by atoms with Crippen LogP contribution >= 0.6 is 11.6 Å². The number of sulfonamides is 1. The number of carbonyl (C=O) groups excluding carboxylic acids is 1. The first kappa shape index (κ1) is 23.0. The third kappa shape index (κ3) is 5.63. The Morgan fingerprint density at radius 2 is 1.76 bits per heavy atom. The molecule has 0 aliphatic carbocycles. The quantitative estimate of drug-likeness (QED) is 0.695. The maximum atomic E-state index is 13.0. The summed E-state index contributed by atoms with van der Waals surface area (Å²) in [5.41, 5.74) is 0.0210. The summed E-state index contributed by atoms with van der Waals surface area (Å²) in [7, 11) is -3.84. The van der Waals surface area contributed by atoms with E-state index in [1.54, 1.807) is 24.3 Å². The molecule has 0 fully saturated rings. The fourth-order valence-electron chi connectivity index (χ4n) is 2.75. The maximum Gasteiger partial charge on any atom is 0.417 e. The lowest BCUT2D eigenvalue weighted by Crippen LogP contribution is -2.45. The van der Waals surface area contributed by atoms with E-state index in [1.165, 1.54) is 13.0 Å². The van der Waals surface area contributed by atoms with Crippen molar-refractivity contribution < 1.29 is 26.4 Å². The van der Waals surface area contributed by atoms with Crippen LogP contribution in [0.2, 0.25) is 5.02 Å². The Morgan fingerprint density at radius 3 is 2.24 bits per heavy atom. The summed E-state index contributed by atoms with van der Waals surface area (Å²) in [6.45, 7) is 3.30. The van der Waals surface area contributed by atoms with E-state index in [9.17, 15) is 26.4 Å². The highest BCUT2D eigenvalue weighted by molar-refractivity contribution is 7.92. The molecule has 10 heteroatoms. The van der Waals surface area contributed by atoms with Crippen molar-refractivity contribution in [3.8, 4) is 0 Å².